The molecule has 5 aromatic carbocycles. The average molecular weight is 906 g/mol. The van der Waals surface area contributed by atoms with Crippen LogP contribution in [0.2, 0.25) is 0 Å². The number of rotatable bonds is 4. The first-order valence-electron chi connectivity index (χ1n) is 18.7. The molecule has 0 atom stereocenters. The molecule has 0 fully saturated rings. The van der Waals surface area contributed by atoms with Crippen LogP contribution in [-0.2, 0) is 25.5 Å². The molecule has 0 spiro atoms. The van der Waals surface area contributed by atoms with Gasteiger partial charge in [-0.1, -0.05) is 123 Å². The molecule has 0 saturated carbocycles. The molecule has 9 aromatic rings. The molecule has 4 heterocycles. The van der Waals surface area contributed by atoms with E-state index in [1.807, 2.05) is 43.6 Å². The quantitative estimate of drug-likeness (QED) is 0.165. The molecule has 4 nitrogen and oxygen atoms in total. The Hall–Kier alpha value is -5.74. The first kappa shape index (κ1) is 38.5. The van der Waals surface area contributed by atoms with Gasteiger partial charge in [0.25, 0.3) is 0 Å². The van der Waals surface area contributed by atoms with Crippen molar-refractivity contribution in [3.63, 3.8) is 0 Å². The average Bonchev–Trinajstić information content (AvgIpc) is 3.57. The first-order chi connectivity index (χ1) is 26.5. The zero-order valence-corrected chi connectivity index (χ0v) is 35.2. The van der Waals surface area contributed by atoms with Crippen LogP contribution in [0.5, 0.6) is 0 Å². The van der Waals surface area contributed by atoms with Crippen molar-refractivity contribution in [3.05, 3.63) is 174 Å². The maximum atomic E-state index is 6.18. The Kier molecular flexibility index (Phi) is 10.9. The Balaban J connectivity index is 0.000000188. The fourth-order valence-corrected chi connectivity index (χ4v) is 6.96. The Morgan fingerprint density at radius 1 is 0.607 bits per heavy atom. The zero-order valence-electron chi connectivity index (χ0n) is 32.8. The summed E-state index contributed by atoms with van der Waals surface area (Å²) in [5.74, 6) is 0. The van der Waals surface area contributed by atoms with Crippen LogP contribution in [0.3, 0.4) is 0 Å². The first-order valence-corrected chi connectivity index (χ1v) is 18.7. The number of hydrogen-bond donors (Lipinski definition) is 0. The second kappa shape index (κ2) is 15.8. The van der Waals surface area contributed by atoms with E-state index in [1.165, 1.54) is 44.2 Å². The monoisotopic (exact) mass is 906 g/mol. The Labute approximate surface area is 343 Å². The van der Waals surface area contributed by atoms with Crippen LogP contribution in [0.15, 0.2) is 138 Å². The van der Waals surface area contributed by atoms with Crippen molar-refractivity contribution in [1.29, 1.82) is 0 Å². The SMILES string of the molecule is Cc1ccc2c(n1)oc1c(-c3cc(-c4ccc5cc(C(C)(C)C)ccc5c4)ccn3)[c-]ccc12.Cc1cnc(-c2[c-]cc(C)c(-c3ccccc3)c2)cc1C.[Ir]. The van der Waals surface area contributed by atoms with Crippen LogP contribution in [-0.4, -0.2) is 15.0 Å². The molecule has 279 valence electrons. The molecular formula is C51H43IrN3O-2. The number of furan rings is 1. The van der Waals surface area contributed by atoms with Gasteiger partial charge in [-0.25, -0.2) is 4.98 Å². The van der Waals surface area contributed by atoms with Gasteiger partial charge in [-0.05, 0) is 100 Å². The van der Waals surface area contributed by atoms with E-state index in [-0.39, 0.29) is 25.5 Å². The van der Waals surface area contributed by atoms with Gasteiger partial charge in [-0.3, -0.25) is 0 Å². The van der Waals surface area contributed by atoms with Crippen molar-refractivity contribution < 1.29 is 24.5 Å². The predicted molar refractivity (Wildman–Crippen MR) is 228 cm³/mol. The number of hydrogen-bond acceptors (Lipinski definition) is 4. The summed E-state index contributed by atoms with van der Waals surface area (Å²) < 4.78 is 6.18. The smallest absolute Gasteiger partial charge is 0.216 e. The number of aromatic nitrogens is 3. The molecule has 1 radical (unpaired) electrons. The van der Waals surface area contributed by atoms with Gasteiger partial charge in [0.05, 0.1) is 5.58 Å². The molecular weight excluding hydrogens is 863 g/mol. The second-order valence-electron chi connectivity index (χ2n) is 15.4. The van der Waals surface area contributed by atoms with Crippen molar-refractivity contribution in [2.75, 3.05) is 0 Å². The third-order valence-electron chi connectivity index (χ3n) is 10.4. The fraction of sp³-hybridized carbons (Fsp3) is 0.157. The maximum absolute atomic E-state index is 6.18. The maximum Gasteiger partial charge on any atom is 0.216 e. The van der Waals surface area contributed by atoms with Gasteiger partial charge in [0.1, 0.15) is 0 Å². The van der Waals surface area contributed by atoms with Crippen LogP contribution in [0, 0.1) is 39.8 Å². The molecule has 9 rings (SSSR count). The van der Waals surface area contributed by atoms with Gasteiger partial charge in [0.2, 0.25) is 5.71 Å². The third kappa shape index (κ3) is 7.84. The van der Waals surface area contributed by atoms with Gasteiger partial charge in [-0.15, -0.1) is 47.5 Å². The Morgan fingerprint density at radius 2 is 1.38 bits per heavy atom. The van der Waals surface area contributed by atoms with Crippen molar-refractivity contribution in [3.8, 4) is 44.8 Å². The van der Waals surface area contributed by atoms with Crippen molar-refractivity contribution in [1.82, 2.24) is 15.0 Å². The molecule has 0 bridgehead atoms. The second-order valence-corrected chi connectivity index (χ2v) is 15.4. The van der Waals surface area contributed by atoms with E-state index in [2.05, 4.69) is 166 Å². The van der Waals surface area contributed by atoms with E-state index in [0.717, 1.165) is 55.7 Å². The predicted octanol–water partition coefficient (Wildman–Crippen LogP) is 13.4. The molecule has 0 aliphatic carbocycles. The summed E-state index contributed by atoms with van der Waals surface area (Å²) in [6.45, 7) is 15.0. The molecule has 0 aliphatic rings. The summed E-state index contributed by atoms with van der Waals surface area (Å²) in [7, 11) is 0. The van der Waals surface area contributed by atoms with Crippen LogP contribution < -0.4 is 0 Å². The number of nitrogens with zero attached hydrogens (tertiary/aromatic N) is 3. The Bertz CT molecular complexity index is 2850. The number of aryl methyl sites for hydroxylation is 4. The minimum absolute atomic E-state index is 0. The summed E-state index contributed by atoms with van der Waals surface area (Å²) in [4.78, 5) is 13.8. The third-order valence-corrected chi connectivity index (χ3v) is 10.4. The summed E-state index contributed by atoms with van der Waals surface area (Å²) in [5.41, 5.74) is 16.0. The minimum atomic E-state index is 0. The molecule has 56 heavy (non-hydrogen) atoms. The van der Waals surface area contributed by atoms with Crippen molar-refractivity contribution >= 4 is 32.8 Å². The molecule has 4 aromatic heterocycles. The molecule has 0 amide bonds. The summed E-state index contributed by atoms with van der Waals surface area (Å²) >= 11 is 0. The van der Waals surface area contributed by atoms with E-state index in [4.69, 9.17) is 4.42 Å². The summed E-state index contributed by atoms with van der Waals surface area (Å²) in [6.07, 6.45) is 3.79. The van der Waals surface area contributed by atoms with Crippen LogP contribution in [0.1, 0.15) is 48.7 Å². The molecule has 0 unspecified atom stereocenters. The van der Waals surface area contributed by atoms with E-state index in [0.29, 0.717) is 5.71 Å². The van der Waals surface area contributed by atoms with Crippen LogP contribution in [0.25, 0.3) is 77.6 Å². The van der Waals surface area contributed by atoms with Crippen molar-refractivity contribution in [2.45, 2.75) is 53.9 Å². The van der Waals surface area contributed by atoms with Gasteiger partial charge < -0.3 is 14.4 Å². The normalized spacial score (nSPS) is 11.3. The van der Waals surface area contributed by atoms with E-state index >= 15 is 0 Å². The number of benzene rings is 5. The Morgan fingerprint density at radius 3 is 2.16 bits per heavy atom. The van der Waals surface area contributed by atoms with Crippen LogP contribution >= 0.6 is 0 Å². The molecule has 0 N–H and O–H groups in total. The van der Waals surface area contributed by atoms with E-state index < -0.39 is 0 Å². The zero-order chi connectivity index (χ0) is 38.3. The molecule has 5 heteroatoms. The number of fused-ring (bicyclic) bond motifs is 4. The van der Waals surface area contributed by atoms with Gasteiger partial charge in [-0.2, -0.15) is 0 Å². The molecule has 0 aliphatic heterocycles. The number of pyridine rings is 3. The van der Waals surface area contributed by atoms with Crippen LogP contribution in [0.4, 0.5) is 0 Å². The summed E-state index contributed by atoms with van der Waals surface area (Å²) in [5, 5.41) is 4.53. The standard InChI is InChI=1S/C31H25N2O.C20H18N.Ir/c1-19-8-13-26-25-6-5-7-27(29(25)34-30(26)33-19)28-18-23(14-15-32-28)20-9-10-22-17-24(31(2,3)4)12-11-21(22)16-20;1-14-9-10-18(20-11-15(2)16(3)13-21-20)12-19(14)17-7-5-4-6-8-17;/h5-6,8-18H,1-4H3;4-9,11-13H,1-3H3;/q2*-1;. The van der Waals surface area contributed by atoms with Gasteiger partial charge >= 0.3 is 0 Å². The minimum Gasteiger partial charge on any atom is -0.486 e. The van der Waals surface area contributed by atoms with E-state index in [9.17, 15) is 0 Å². The van der Waals surface area contributed by atoms with Gasteiger partial charge in [0, 0.05) is 43.6 Å². The largest absolute Gasteiger partial charge is 0.486 e. The van der Waals surface area contributed by atoms with Gasteiger partial charge in [0.15, 0.2) is 0 Å². The fourth-order valence-electron chi connectivity index (χ4n) is 6.96. The van der Waals surface area contributed by atoms with Crippen molar-refractivity contribution in [2.24, 2.45) is 0 Å². The molecule has 0 saturated heterocycles. The van der Waals surface area contributed by atoms with E-state index in [1.54, 1.807) is 0 Å². The topological polar surface area (TPSA) is 51.8 Å². The summed E-state index contributed by atoms with van der Waals surface area (Å²) in [6, 6.07) is 49.1.